The van der Waals surface area contributed by atoms with Crippen LogP contribution in [0.4, 0.5) is 0 Å². The number of hydrogen-bond donors (Lipinski definition) is 1. The summed E-state index contributed by atoms with van der Waals surface area (Å²) >= 11 is 0. The van der Waals surface area contributed by atoms with Crippen molar-refractivity contribution in [3.63, 3.8) is 0 Å². The molecule has 2 aliphatic carbocycles. The average molecular weight is 377 g/mol. The number of benzene rings is 2. The van der Waals surface area contributed by atoms with Gasteiger partial charge in [0.25, 0.3) is 0 Å². The van der Waals surface area contributed by atoms with Crippen LogP contribution in [0.3, 0.4) is 0 Å². The molecule has 0 amide bonds. The zero-order valence-electron chi connectivity index (χ0n) is 17.4. The van der Waals surface area contributed by atoms with Gasteiger partial charge in [-0.05, 0) is 72.9 Å². The topological polar surface area (TPSA) is 45.0 Å². The lowest BCUT2D eigenvalue weighted by Gasteiger charge is -2.45. The summed E-state index contributed by atoms with van der Waals surface area (Å²) in [6.07, 6.45) is 7.40. The molecule has 0 saturated heterocycles. The maximum Gasteiger partial charge on any atom is 0.138 e. The van der Waals surface area contributed by atoms with E-state index in [2.05, 4.69) is 56.4 Å². The molecule has 3 heteroatoms. The van der Waals surface area contributed by atoms with Crippen LogP contribution in [0.25, 0.3) is 10.8 Å². The van der Waals surface area contributed by atoms with E-state index < -0.39 is 0 Å². The number of fused-ring (bicyclic) bond motifs is 1. The van der Waals surface area contributed by atoms with E-state index in [0.29, 0.717) is 17.0 Å². The molecule has 28 heavy (non-hydrogen) atoms. The Labute approximate surface area is 169 Å². The molecule has 148 valence electrons. The third-order valence-electron chi connectivity index (χ3n) is 6.99. The zero-order valence-corrected chi connectivity index (χ0v) is 17.4. The molecule has 0 unspecified atom stereocenters. The van der Waals surface area contributed by atoms with E-state index in [4.69, 9.17) is 4.74 Å². The Morgan fingerprint density at radius 1 is 1.11 bits per heavy atom. The molecule has 2 aromatic rings. The highest BCUT2D eigenvalue weighted by molar-refractivity contribution is 5.90. The van der Waals surface area contributed by atoms with Crippen LogP contribution in [-0.4, -0.2) is 12.1 Å². The summed E-state index contributed by atoms with van der Waals surface area (Å²) in [5, 5.41) is 15.7. The second-order valence-corrected chi connectivity index (χ2v) is 9.57. The van der Waals surface area contributed by atoms with Crippen LogP contribution in [0.2, 0.25) is 0 Å². The van der Waals surface area contributed by atoms with Gasteiger partial charge in [0.15, 0.2) is 0 Å². The number of rotatable bonds is 5. The van der Waals surface area contributed by atoms with Crippen molar-refractivity contribution in [2.75, 3.05) is 0 Å². The third kappa shape index (κ3) is 3.89. The third-order valence-corrected chi connectivity index (χ3v) is 6.99. The molecule has 1 N–H and O–H groups in total. The molecule has 2 saturated carbocycles. The van der Waals surface area contributed by atoms with Gasteiger partial charge in [-0.1, -0.05) is 39.0 Å². The van der Waals surface area contributed by atoms with E-state index in [9.17, 15) is 5.26 Å². The highest BCUT2D eigenvalue weighted by atomic mass is 16.5. The van der Waals surface area contributed by atoms with Gasteiger partial charge in [-0.15, -0.1) is 0 Å². The van der Waals surface area contributed by atoms with Crippen LogP contribution < -0.4 is 10.1 Å². The normalized spacial score (nSPS) is 26.4. The molecule has 0 heterocycles. The maximum absolute atomic E-state index is 9.87. The number of nitriles is 1. The Hall–Kier alpha value is -2.05. The second-order valence-electron chi connectivity index (χ2n) is 9.57. The van der Waals surface area contributed by atoms with E-state index in [0.717, 1.165) is 41.8 Å². The van der Waals surface area contributed by atoms with Gasteiger partial charge in [-0.3, -0.25) is 0 Å². The van der Waals surface area contributed by atoms with Crippen molar-refractivity contribution in [2.24, 2.45) is 11.3 Å². The van der Waals surface area contributed by atoms with E-state index in [1.807, 2.05) is 6.07 Å². The molecule has 0 radical (unpaired) electrons. The van der Waals surface area contributed by atoms with E-state index >= 15 is 0 Å². The molecule has 3 nitrogen and oxygen atoms in total. The van der Waals surface area contributed by atoms with Crippen molar-refractivity contribution in [3.8, 4) is 11.8 Å². The maximum atomic E-state index is 9.87. The van der Waals surface area contributed by atoms with Crippen LogP contribution in [0.15, 0.2) is 30.3 Å². The van der Waals surface area contributed by atoms with Gasteiger partial charge >= 0.3 is 0 Å². The van der Waals surface area contributed by atoms with Crippen molar-refractivity contribution in [1.29, 1.82) is 5.26 Å². The molecule has 2 fully saturated rings. The molecule has 2 aromatic carbocycles. The lowest BCUT2D eigenvalue weighted by Crippen LogP contribution is -2.49. The van der Waals surface area contributed by atoms with Gasteiger partial charge in [-0.2, -0.15) is 5.26 Å². The van der Waals surface area contributed by atoms with Crippen molar-refractivity contribution < 1.29 is 4.74 Å². The smallest absolute Gasteiger partial charge is 0.138 e. The van der Waals surface area contributed by atoms with Gasteiger partial charge < -0.3 is 10.1 Å². The molecule has 0 aliphatic heterocycles. The lowest BCUT2D eigenvalue weighted by molar-refractivity contribution is 0.108. The van der Waals surface area contributed by atoms with Crippen LogP contribution in [0, 0.1) is 22.7 Å². The summed E-state index contributed by atoms with van der Waals surface area (Å²) in [4.78, 5) is 0. The average Bonchev–Trinajstić information content (AvgIpc) is 2.68. The SMILES string of the molecule is CC1(C)CC[C@@H]1NCc1ccc2ccc(O[C@H]3CC[C@@H](C)CC3)c(C#N)c2c1. The summed E-state index contributed by atoms with van der Waals surface area (Å²) in [7, 11) is 0. The van der Waals surface area contributed by atoms with Crippen molar-refractivity contribution >= 4 is 10.8 Å². The fourth-order valence-corrected chi connectivity index (χ4v) is 4.68. The Morgan fingerprint density at radius 3 is 2.50 bits per heavy atom. The van der Waals surface area contributed by atoms with Gasteiger partial charge in [0.1, 0.15) is 17.4 Å². The van der Waals surface area contributed by atoms with Gasteiger partial charge in [0.2, 0.25) is 0 Å². The first kappa shape index (κ1) is 19.3. The predicted octanol–water partition coefficient (Wildman–Crippen LogP) is 5.95. The first-order chi connectivity index (χ1) is 13.5. The second kappa shape index (κ2) is 7.76. The monoisotopic (exact) mass is 376 g/mol. The van der Waals surface area contributed by atoms with Crippen LogP contribution in [-0.2, 0) is 6.54 Å². The molecule has 0 aromatic heterocycles. The van der Waals surface area contributed by atoms with Crippen molar-refractivity contribution in [1.82, 2.24) is 5.32 Å². The number of hydrogen-bond acceptors (Lipinski definition) is 3. The minimum absolute atomic E-state index is 0.242. The van der Waals surface area contributed by atoms with E-state index in [1.165, 1.54) is 31.2 Å². The molecule has 1 atom stereocenters. The Bertz CT molecular complexity index is 887. The summed E-state index contributed by atoms with van der Waals surface area (Å²) in [5.41, 5.74) is 2.31. The minimum atomic E-state index is 0.242. The summed E-state index contributed by atoms with van der Waals surface area (Å²) in [6, 6.07) is 13.5. The summed E-state index contributed by atoms with van der Waals surface area (Å²) < 4.78 is 6.29. The molecule has 2 aliphatic rings. The highest BCUT2D eigenvalue weighted by Gasteiger charge is 2.37. The highest BCUT2D eigenvalue weighted by Crippen LogP contribution is 2.40. The van der Waals surface area contributed by atoms with E-state index in [1.54, 1.807) is 0 Å². The number of nitrogens with zero attached hydrogens (tertiary/aromatic N) is 1. The van der Waals surface area contributed by atoms with Gasteiger partial charge in [0.05, 0.1) is 6.10 Å². The van der Waals surface area contributed by atoms with E-state index in [-0.39, 0.29) is 6.10 Å². The Kier molecular flexibility index (Phi) is 5.34. The van der Waals surface area contributed by atoms with Gasteiger partial charge in [0, 0.05) is 18.0 Å². The summed E-state index contributed by atoms with van der Waals surface area (Å²) in [6.45, 7) is 7.82. The Balaban J connectivity index is 1.54. The first-order valence-corrected chi connectivity index (χ1v) is 10.8. The van der Waals surface area contributed by atoms with Crippen LogP contribution in [0.5, 0.6) is 5.75 Å². The summed E-state index contributed by atoms with van der Waals surface area (Å²) in [5.74, 6) is 1.54. The molecule has 4 rings (SSSR count). The number of nitrogens with one attached hydrogen (secondary N) is 1. The van der Waals surface area contributed by atoms with Crippen molar-refractivity contribution in [2.45, 2.75) is 78.0 Å². The lowest BCUT2D eigenvalue weighted by atomic mass is 9.67. The predicted molar refractivity (Wildman–Crippen MR) is 114 cm³/mol. The molecular weight excluding hydrogens is 344 g/mol. The first-order valence-electron chi connectivity index (χ1n) is 10.8. The molecular formula is C25H32N2O. The largest absolute Gasteiger partial charge is 0.489 e. The van der Waals surface area contributed by atoms with Crippen molar-refractivity contribution in [3.05, 3.63) is 41.5 Å². The van der Waals surface area contributed by atoms with Crippen LogP contribution >= 0.6 is 0 Å². The molecule has 0 bridgehead atoms. The quantitative estimate of drug-likeness (QED) is 0.701. The standard InChI is InChI=1S/C25H32N2O/c1-17-4-9-20(10-5-17)28-23-11-8-19-7-6-18(14-21(19)22(23)15-26)16-27-24-12-13-25(24,2)3/h6-8,11,14,17,20,24,27H,4-5,9-10,12-13,16H2,1-3H3/t17-,20+,24-/m0/s1. The van der Waals surface area contributed by atoms with Crippen LogP contribution in [0.1, 0.15) is 70.4 Å². The fraction of sp³-hybridized carbons (Fsp3) is 0.560. The zero-order chi connectivity index (χ0) is 19.7. The number of ether oxygens (including phenoxy) is 1. The minimum Gasteiger partial charge on any atom is -0.489 e. The molecule has 0 spiro atoms. The fourth-order valence-electron chi connectivity index (χ4n) is 4.68. The van der Waals surface area contributed by atoms with Gasteiger partial charge in [-0.25, -0.2) is 0 Å². The Morgan fingerprint density at radius 2 is 1.86 bits per heavy atom.